The van der Waals surface area contributed by atoms with Gasteiger partial charge in [-0.05, 0) is 36.1 Å². The van der Waals surface area contributed by atoms with Crippen LogP contribution in [0.4, 0.5) is 4.39 Å². The van der Waals surface area contributed by atoms with Crippen molar-refractivity contribution >= 4 is 38.8 Å². The summed E-state index contributed by atoms with van der Waals surface area (Å²) in [7, 11) is 0. The van der Waals surface area contributed by atoms with Crippen LogP contribution in [0.5, 0.6) is 0 Å². The minimum Gasteiger partial charge on any atom is -0.298 e. The molecule has 1 heterocycles. The molecular weight excluding hydrogens is 235 g/mol. The minimum atomic E-state index is -0.680. The highest BCUT2D eigenvalue weighted by molar-refractivity contribution is 7.17. The smallest absolute Gasteiger partial charge is 0.152 e. The summed E-state index contributed by atoms with van der Waals surface area (Å²) in [4.78, 5) is 11.1. The Hall–Kier alpha value is -0.930. The van der Waals surface area contributed by atoms with E-state index in [2.05, 4.69) is 0 Å². The molecule has 4 heteroatoms. The van der Waals surface area contributed by atoms with Gasteiger partial charge in [-0.15, -0.1) is 22.9 Å². The van der Waals surface area contributed by atoms with Gasteiger partial charge in [0.1, 0.15) is 11.2 Å². The molecule has 15 heavy (non-hydrogen) atoms. The number of rotatable bonds is 2. The van der Waals surface area contributed by atoms with Crippen LogP contribution in [-0.4, -0.2) is 5.78 Å². The zero-order chi connectivity index (χ0) is 11.0. The summed E-state index contributed by atoms with van der Waals surface area (Å²) in [6.45, 7) is 1.43. The van der Waals surface area contributed by atoms with Crippen LogP contribution >= 0.6 is 22.9 Å². The van der Waals surface area contributed by atoms with E-state index >= 15 is 0 Å². The lowest BCUT2D eigenvalue weighted by atomic mass is 10.1. The number of hydrogen-bond acceptors (Lipinski definition) is 2. The quantitative estimate of drug-likeness (QED) is 0.730. The Morgan fingerprint density at radius 3 is 2.93 bits per heavy atom. The van der Waals surface area contributed by atoms with E-state index in [1.54, 1.807) is 6.07 Å². The van der Waals surface area contributed by atoms with Gasteiger partial charge in [0, 0.05) is 10.1 Å². The van der Waals surface area contributed by atoms with Gasteiger partial charge in [0.05, 0.1) is 0 Å². The lowest BCUT2D eigenvalue weighted by Crippen LogP contribution is -2.00. The third-order valence-corrected chi connectivity index (χ3v) is 3.72. The molecule has 1 nitrogen and oxygen atoms in total. The molecule has 0 saturated carbocycles. The molecule has 1 aromatic carbocycles. The van der Waals surface area contributed by atoms with Crippen LogP contribution in [-0.2, 0) is 4.79 Å². The van der Waals surface area contributed by atoms with Gasteiger partial charge in [-0.3, -0.25) is 4.79 Å². The van der Waals surface area contributed by atoms with Gasteiger partial charge in [0.2, 0.25) is 0 Å². The van der Waals surface area contributed by atoms with Crippen molar-refractivity contribution in [2.75, 3.05) is 0 Å². The highest BCUT2D eigenvalue weighted by Gasteiger charge is 2.17. The third kappa shape index (κ3) is 1.90. The molecular formula is C11H8ClFOS. The first-order chi connectivity index (χ1) is 7.09. The first-order valence-corrected chi connectivity index (χ1v) is 5.72. The van der Waals surface area contributed by atoms with Gasteiger partial charge in [-0.2, -0.15) is 0 Å². The Balaban J connectivity index is 2.61. The molecule has 2 aromatic rings. The fraction of sp³-hybridized carbons (Fsp3) is 0.182. The Kier molecular flexibility index (Phi) is 2.76. The topological polar surface area (TPSA) is 17.1 Å². The average molecular weight is 243 g/mol. The van der Waals surface area contributed by atoms with Crippen LogP contribution in [0, 0.1) is 5.82 Å². The van der Waals surface area contributed by atoms with Crippen molar-refractivity contribution in [1.29, 1.82) is 0 Å². The second-order valence-corrected chi connectivity index (χ2v) is 4.65. The van der Waals surface area contributed by atoms with Crippen LogP contribution in [0.15, 0.2) is 23.6 Å². The summed E-state index contributed by atoms with van der Waals surface area (Å²) in [5.74, 6) is -0.435. The van der Waals surface area contributed by atoms with Crippen LogP contribution in [0.2, 0.25) is 0 Å². The molecule has 0 fully saturated rings. The van der Waals surface area contributed by atoms with Gasteiger partial charge < -0.3 is 0 Å². The van der Waals surface area contributed by atoms with Gasteiger partial charge in [-0.25, -0.2) is 4.39 Å². The first kappa shape index (κ1) is 10.6. The standard InChI is InChI=1S/C11H8ClFOS/c1-6(14)11(12)9-5-15-10-3-2-7(13)4-8(9)10/h2-5,11H,1H3. The van der Waals surface area contributed by atoms with E-state index in [1.165, 1.54) is 30.4 Å². The molecule has 1 unspecified atom stereocenters. The van der Waals surface area contributed by atoms with Crippen LogP contribution in [0.25, 0.3) is 10.1 Å². The number of carbonyl (C=O) groups excluding carboxylic acids is 1. The molecule has 0 radical (unpaired) electrons. The fourth-order valence-corrected chi connectivity index (χ4v) is 2.66. The second kappa shape index (κ2) is 3.91. The van der Waals surface area contributed by atoms with Crippen LogP contribution in [0.3, 0.4) is 0 Å². The number of Topliss-reactive ketones (excluding diaryl/α,β-unsaturated/α-hetero) is 1. The first-order valence-electron chi connectivity index (χ1n) is 4.41. The van der Waals surface area contributed by atoms with Crippen LogP contribution in [0.1, 0.15) is 17.9 Å². The van der Waals surface area contributed by atoms with Crippen molar-refractivity contribution in [3.8, 4) is 0 Å². The molecule has 2 rings (SSSR count). The number of alkyl halides is 1. The van der Waals surface area contributed by atoms with E-state index < -0.39 is 5.38 Å². The van der Waals surface area contributed by atoms with E-state index in [0.717, 1.165) is 10.1 Å². The highest BCUT2D eigenvalue weighted by Crippen LogP contribution is 2.34. The maximum atomic E-state index is 13.0. The molecule has 1 aromatic heterocycles. The van der Waals surface area contributed by atoms with Crippen molar-refractivity contribution in [3.05, 3.63) is 35.0 Å². The predicted octanol–water partition coefficient (Wildman–Crippen LogP) is 3.91. The van der Waals surface area contributed by atoms with E-state index in [-0.39, 0.29) is 11.6 Å². The molecule has 0 bridgehead atoms. The molecule has 0 N–H and O–H groups in total. The number of thiophene rings is 1. The molecule has 0 amide bonds. The molecule has 0 aliphatic heterocycles. The second-order valence-electron chi connectivity index (χ2n) is 3.30. The summed E-state index contributed by atoms with van der Waals surface area (Å²) < 4.78 is 14.0. The van der Waals surface area contributed by atoms with Crippen molar-refractivity contribution in [3.63, 3.8) is 0 Å². The van der Waals surface area contributed by atoms with Gasteiger partial charge >= 0.3 is 0 Å². The Bertz CT molecular complexity index is 520. The molecule has 0 aliphatic rings. The summed E-state index contributed by atoms with van der Waals surface area (Å²) >= 11 is 7.41. The zero-order valence-corrected chi connectivity index (χ0v) is 9.53. The lowest BCUT2D eigenvalue weighted by Gasteiger charge is -2.03. The molecule has 1 atom stereocenters. The summed E-state index contributed by atoms with van der Waals surface area (Å²) in [5.41, 5.74) is 0.698. The summed E-state index contributed by atoms with van der Waals surface area (Å²) in [6, 6.07) is 4.52. The molecule has 78 valence electrons. The maximum Gasteiger partial charge on any atom is 0.152 e. The highest BCUT2D eigenvalue weighted by atomic mass is 35.5. The molecule has 0 saturated heterocycles. The predicted molar refractivity (Wildman–Crippen MR) is 61.1 cm³/mol. The Labute approximate surface area is 95.5 Å². The van der Waals surface area contributed by atoms with Crippen molar-refractivity contribution in [2.45, 2.75) is 12.3 Å². The Morgan fingerprint density at radius 2 is 2.27 bits per heavy atom. The number of benzene rings is 1. The van der Waals surface area contributed by atoms with Gasteiger partial charge in [0.15, 0.2) is 5.78 Å². The molecule has 0 spiro atoms. The third-order valence-electron chi connectivity index (χ3n) is 2.20. The van der Waals surface area contributed by atoms with Crippen molar-refractivity contribution in [2.24, 2.45) is 0 Å². The van der Waals surface area contributed by atoms with Gasteiger partial charge in [0.25, 0.3) is 0 Å². The number of carbonyl (C=O) groups is 1. The number of fused-ring (bicyclic) bond motifs is 1. The van der Waals surface area contributed by atoms with E-state index in [1.807, 2.05) is 5.38 Å². The minimum absolute atomic E-state index is 0.124. The number of ketones is 1. The normalized spacial score (nSPS) is 13.0. The van der Waals surface area contributed by atoms with E-state index in [0.29, 0.717) is 5.56 Å². The number of halogens is 2. The van der Waals surface area contributed by atoms with E-state index in [4.69, 9.17) is 11.6 Å². The summed E-state index contributed by atoms with van der Waals surface area (Å²) in [6.07, 6.45) is 0. The zero-order valence-electron chi connectivity index (χ0n) is 7.96. The van der Waals surface area contributed by atoms with Crippen molar-refractivity contribution in [1.82, 2.24) is 0 Å². The monoisotopic (exact) mass is 242 g/mol. The number of hydrogen-bond donors (Lipinski definition) is 0. The Morgan fingerprint density at radius 1 is 1.53 bits per heavy atom. The van der Waals surface area contributed by atoms with Gasteiger partial charge in [-0.1, -0.05) is 0 Å². The fourth-order valence-electron chi connectivity index (χ4n) is 1.44. The largest absolute Gasteiger partial charge is 0.298 e. The SMILES string of the molecule is CC(=O)C(Cl)c1csc2ccc(F)cc12. The molecule has 0 aliphatic carbocycles. The summed E-state index contributed by atoms with van der Waals surface area (Å²) in [5, 5.41) is 1.86. The van der Waals surface area contributed by atoms with Crippen LogP contribution < -0.4 is 0 Å². The van der Waals surface area contributed by atoms with Crippen molar-refractivity contribution < 1.29 is 9.18 Å². The maximum absolute atomic E-state index is 13.0. The average Bonchev–Trinajstić information content (AvgIpc) is 2.59. The van der Waals surface area contributed by atoms with E-state index in [9.17, 15) is 9.18 Å². The lowest BCUT2D eigenvalue weighted by molar-refractivity contribution is -0.116.